The number of carbonyl (C=O) groups is 2. The van der Waals surface area contributed by atoms with Crippen molar-refractivity contribution in [2.45, 2.75) is 0 Å². The van der Waals surface area contributed by atoms with Crippen molar-refractivity contribution in [2.24, 2.45) is 0 Å². The number of hydrogen-bond acceptors (Lipinski definition) is 6. The fraction of sp³-hybridized carbons (Fsp3) is 0. The Morgan fingerprint density at radius 1 is 0.538 bits per heavy atom. The zero-order valence-electron chi connectivity index (χ0n) is 13.5. The number of esters is 2. The van der Waals surface area contributed by atoms with Gasteiger partial charge in [0.2, 0.25) is 0 Å². The number of ether oxygens (including phenoxy) is 2. The van der Waals surface area contributed by atoms with Gasteiger partial charge in [0.15, 0.2) is 0 Å². The SMILES string of the molecule is O=C(Oc1ccc(OC(=O)c2ccc(O)cc2)cc1)c1ccc(O)cc1. The highest BCUT2D eigenvalue weighted by Gasteiger charge is 2.11. The minimum Gasteiger partial charge on any atom is -0.508 e. The first-order valence-electron chi connectivity index (χ1n) is 7.64. The smallest absolute Gasteiger partial charge is 0.343 e. The maximum Gasteiger partial charge on any atom is 0.343 e. The summed E-state index contributed by atoms with van der Waals surface area (Å²) in [5.41, 5.74) is 0.594. The molecule has 0 unspecified atom stereocenters. The van der Waals surface area contributed by atoms with Gasteiger partial charge in [-0.15, -0.1) is 0 Å². The van der Waals surface area contributed by atoms with Crippen LogP contribution in [-0.2, 0) is 0 Å². The highest BCUT2D eigenvalue weighted by atomic mass is 16.5. The van der Waals surface area contributed by atoms with Crippen LogP contribution in [-0.4, -0.2) is 22.2 Å². The molecule has 0 saturated carbocycles. The van der Waals surface area contributed by atoms with Crippen LogP contribution in [0.3, 0.4) is 0 Å². The number of benzene rings is 3. The Hall–Kier alpha value is -3.80. The van der Waals surface area contributed by atoms with Crippen molar-refractivity contribution in [3.63, 3.8) is 0 Å². The van der Waals surface area contributed by atoms with Crippen molar-refractivity contribution in [1.82, 2.24) is 0 Å². The fourth-order valence-electron chi connectivity index (χ4n) is 2.10. The van der Waals surface area contributed by atoms with Crippen molar-refractivity contribution in [3.05, 3.63) is 83.9 Å². The minimum atomic E-state index is -0.571. The maximum atomic E-state index is 12.0. The molecular weight excluding hydrogens is 336 g/mol. The molecule has 0 saturated heterocycles. The van der Waals surface area contributed by atoms with Crippen LogP contribution < -0.4 is 9.47 Å². The number of phenolic OH excluding ortho intramolecular Hbond substituents is 2. The lowest BCUT2D eigenvalue weighted by molar-refractivity contribution is 0.0719. The van der Waals surface area contributed by atoms with Gasteiger partial charge in [-0.3, -0.25) is 0 Å². The molecule has 0 atom stereocenters. The third kappa shape index (κ3) is 4.18. The van der Waals surface area contributed by atoms with Gasteiger partial charge in [-0.25, -0.2) is 9.59 Å². The van der Waals surface area contributed by atoms with E-state index in [4.69, 9.17) is 9.47 Å². The van der Waals surface area contributed by atoms with Gasteiger partial charge in [0, 0.05) is 0 Å². The lowest BCUT2D eigenvalue weighted by atomic mass is 10.2. The summed E-state index contributed by atoms with van der Waals surface area (Å²) < 4.78 is 10.4. The molecule has 3 aromatic rings. The van der Waals surface area contributed by atoms with Gasteiger partial charge in [-0.05, 0) is 72.8 Å². The highest BCUT2D eigenvalue weighted by Crippen LogP contribution is 2.21. The van der Waals surface area contributed by atoms with Crippen LogP contribution in [0.25, 0.3) is 0 Å². The van der Waals surface area contributed by atoms with E-state index in [1.807, 2.05) is 0 Å². The largest absolute Gasteiger partial charge is 0.508 e. The molecule has 0 amide bonds. The summed E-state index contributed by atoms with van der Waals surface area (Å²) in [6.07, 6.45) is 0. The van der Waals surface area contributed by atoms with Gasteiger partial charge in [-0.2, -0.15) is 0 Å². The quantitative estimate of drug-likeness (QED) is 0.552. The monoisotopic (exact) mass is 350 g/mol. The Kier molecular flexibility index (Phi) is 4.85. The van der Waals surface area contributed by atoms with Crippen molar-refractivity contribution < 1.29 is 29.3 Å². The number of carbonyl (C=O) groups excluding carboxylic acids is 2. The number of hydrogen-bond donors (Lipinski definition) is 2. The number of phenols is 2. The summed E-state index contributed by atoms with van der Waals surface area (Å²) >= 11 is 0. The molecule has 6 nitrogen and oxygen atoms in total. The summed E-state index contributed by atoms with van der Waals surface area (Å²) in [5.74, 6) is -0.458. The average Bonchev–Trinajstić information content (AvgIpc) is 2.64. The van der Waals surface area contributed by atoms with Gasteiger partial charge < -0.3 is 19.7 Å². The summed E-state index contributed by atoms with van der Waals surface area (Å²) in [7, 11) is 0. The summed E-state index contributed by atoms with van der Waals surface area (Å²) in [6.45, 7) is 0. The molecule has 0 fully saturated rings. The van der Waals surface area contributed by atoms with Crippen LogP contribution in [0.4, 0.5) is 0 Å². The molecule has 130 valence electrons. The Morgan fingerprint density at radius 3 is 1.15 bits per heavy atom. The zero-order valence-corrected chi connectivity index (χ0v) is 13.5. The van der Waals surface area contributed by atoms with E-state index in [0.29, 0.717) is 11.1 Å². The van der Waals surface area contributed by atoms with E-state index in [9.17, 15) is 19.8 Å². The van der Waals surface area contributed by atoms with Crippen LogP contribution in [0.15, 0.2) is 72.8 Å². The average molecular weight is 350 g/mol. The zero-order chi connectivity index (χ0) is 18.5. The second-order valence-corrected chi connectivity index (χ2v) is 5.34. The Balaban J connectivity index is 1.62. The molecule has 3 aromatic carbocycles. The molecule has 3 rings (SSSR count). The van der Waals surface area contributed by atoms with E-state index >= 15 is 0 Å². The Labute approximate surface area is 148 Å². The van der Waals surface area contributed by atoms with Crippen LogP contribution in [0.5, 0.6) is 23.0 Å². The van der Waals surface area contributed by atoms with Gasteiger partial charge in [-0.1, -0.05) is 0 Å². The van der Waals surface area contributed by atoms with Crippen LogP contribution in [0, 0.1) is 0 Å². The van der Waals surface area contributed by atoms with E-state index in [0.717, 1.165) is 0 Å². The summed E-state index contributed by atoms with van der Waals surface area (Å²) in [5, 5.41) is 18.4. The first-order chi connectivity index (χ1) is 12.5. The van der Waals surface area contributed by atoms with Crippen LogP contribution in [0.1, 0.15) is 20.7 Å². The third-order valence-corrected chi connectivity index (χ3v) is 3.45. The molecule has 0 aliphatic heterocycles. The molecule has 26 heavy (non-hydrogen) atoms. The topological polar surface area (TPSA) is 93.1 Å². The van der Waals surface area contributed by atoms with E-state index in [2.05, 4.69) is 0 Å². The molecule has 0 aliphatic rings. The minimum absolute atomic E-state index is 0.0568. The van der Waals surface area contributed by atoms with Crippen molar-refractivity contribution in [2.75, 3.05) is 0 Å². The molecule has 0 heterocycles. The maximum absolute atomic E-state index is 12.0. The lowest BCUT2D eigenvalue weighted by Crippen LogP contribution is -2.09. The van der Waals surface area contributed by atoms with Gasteiger partial charge in [0.1, 0.15) is 23.0 Å². The molecular formula is C20H14O6. The van der Waals surface area contributed by atoms with E-state index in [-0.39, 0.29) is 23.0 Å². The van der Waals surface area contributed by atoms with Crippen molar-refractivity contribution in [1.29, 1.82) is 0 Å². The third-order valence-electron chi connectivity index (χ3n) is 3.45. The summed E-state index contributed by atoms with van der Waals surface area (Å²) in [4.78, 5) is 24.0. The molecule has 0 bridgehead atoms. The first-order valence-corrected chi connectivity index (χ1v) is 7.64. The van der Waals surface area contributed by atoms with Crippen molar-refractivity contribution >= 4 is 11.9 Å². The number of aromatic hydroxyl groups is 2. The molecule has 0 spiro atoms. The molecule has 0 aliphatic carbocycles. The first kappa shape index (κ1) is 17.0. The molecule has 0 radical (unpaired) electrons. The summed E-state index contributed by atoms with van der Waals surface area (Å²) in [6, 6.07) is 17.4. The highest BCUT2D eigenvalue weighted by molar-refractivity contribution is 5.92. The molecule has 0 aromatic heterocycles. The van der Waals surface area contributed by atoms with Gasteiger partial charge >= 0.3 is 11.9 Å². The molecule has 2 N–H and O–H groups in total. The lowest BCUT2D eigenvalue weighted by Gasteiger charge is -2.07. The van der Waals surface area contributed by atoms with Gasteiger partial charge in [0.05, 0.1) is 11.1 Å². The van der Waals surface area contributed by atoms with E-state index < -0.39 is 11.9 Å². The Bertz CT molecular complexity index is 834. The standard InChI is InChI=1S/C20H14O6/c21-15-5-1-13(2-6-15)19(23)25-17-9-11-18(12-10-17)26-20(24)14-3-7-16(22)8-4-14/h1-12,21-22H. The normalized spacial score (nSPS) is 10.2. The predicted octanol–water partition coefficient (Wildman–Crippen LogP) is 3.54. The number of rotatable bonds is 4. The van der Waals surface area contributed by atoms with Crippen LogP contribution in [0.2, 0.25) is 0 Å². The Morgan fingerprint density at radius 2 is 0.846 bits per heavy atom. The molecule has 6 heteroatoms. The second kappa shape index (κ2) is 7.40. The van der Waals surface area contributed by atoms with Gasteiger partial charge in [0.25, 0.3) is 0 Å². The fourth-order valence-corrected chi connectivity index (χ4v) is 2.10. The van der Waals surface area contributed by atoms with E-state index in [1.54, 1.807) is 0 Å². The van der Waals surface area contributed by atoms with Crippen LogP contribution >= 0.6 is 0 Å². The van der Waals surface area contributed by atoms with E-state index in [1.165, 1.54) is 72.8 Å². The van der Waals surface area contributed by atoms with Crippen molar-refractivity contribution in [3.8, 4) is 23.0 Å². The predicted molar refractivity (Wildman–Crippen MR) is 92.6 cm³/mol. The second-order valence-electron chi connectivity index (χ2n) is 5.34.